The van der Waals surface area contributed by atoms with Gasteiger partial charge in [-0.25, -0.2) is 9.37 Å². The van der Waals surface area contributed by atoms with Gasteiger partial charge in [0.1, 0.15) is 23.4 Å². The first-order valence-corrected chi connectivity index (χ1v) is 9.33. The molecule has 0 radical (unpaired) electrons. The highest BCUT2D eigenvalue weighted by Crippen LogP contribution is 2.23. The molecule has 1 amide bonds. The van der Waals surface area contributed by atoms with Crippen LogP contribution in [-0.4, -0.2) is 27.4 Å². The molecule has 28 heavy (non-hydrogen) atoms. The number of benzene rings is 1. The van der Waals surface area contributed by atoms with Gasteiger partial charge in [0.25, 0.3) is 5.91 Å². The second kappa shape index (κ2) is 7.69. The van der Waals surface area contributed by atoms with E-state index in [0.29, 0.717) is 11.3 Å². The number of nitriles is 1. The average Bonchev–Trinajstić information content (AvgIpc) is 3.14. The van der Waals surface area contributed by atoms with E-state index in [0.717, 1.165) is 37.1 Å². The number of nitrogens with one attached hydrogen (secondary N) is 2. The van der Waals surface area contributed by atoms with E-state index in [1.54, 1.807) is 6.20 Å². The summed E-state index contributed by atoms with van der Waals surface area (Å²) < 4.78 is 14.9. The monoisotopic (exact) mass is 377 g/mol. The Morgan fingerprint density at radius 2 is 1.82 bits per heavy atom. The number of anilines is 1. The van der Waals surface area contributed by atoms with Gasteiger partial charge in [0.15, 0.2) is 5.69 Å². The van der Waals surface area contributed by atoms with Gasteiger partial charge in [-0.1, -0.05) is 6.07 Å². The van der Waals surface area contributed by atoms with E-state index in [9.17, 15) is 9.18 Å². The van der Waals surface area contributed by atoms with Crippen LogP contribution in [0.25, 0.3) is 5.65 Å². The topological polar surface area (TPSA) is 82.2 Å². The summed E-state index contributed by atoms with van der Waals surface area (Å²) in [5.74, 6) is 0.395. The van der Waals surface area contributed by atoms with E-state index in [2.05, 4.69) is 21.7 Å². The quantitative estimate of drug-likeness (QED) is 0.729. The van der Waals surface area contributed by atoms with Crippen LogP contribution in [0.3, 0.4) is 0 Å². The van der Waals surface area contributed by atoms with Crippen molar-refractivity contribution < 1.29 is 9.18 Å². The second-order valence-corrected chi connectivity index (χ2v) is 7.05. The fourth-order valence-corrected chi connectivity index (χ4v) is 3.64. The number of imidazole rings is 1. The number of carbonyl (C=O) groups is 1. The third kappa shape index (κ3) is 3.81. The van der Waals surface area contributed by atoms with Gasteiger partial charge in [0.2, 0.25) is 0 Å². The van der Waals surface area contributed by atoms with Crippen LogP contribution in [0.2, 0.25) is 0 Å². The Morgan fingerprint density at radius 1 is 1.11 bits per heavy atom. The lowest BCUT2D eigenvalue weighted by atomic mass is 9.91. The number of hydrogen-bond acceptors (Lipinski definition) is 4. The lowest BCUT2D eigenvalue weighted by Gasteiger charge is -2.30. The molecule has 1 aliphatic carbocycles. The summed E-state index contributed by atoms with van der Waals surface area (Å²) in [6.45, 7) is 0. The molecule has 0 aliphatic heterocycles. The van der Waals surface area contributed by atoms with Crippen LogP contribution >= 0.6 is 0 Å². The smallest absolute Gasteiger partial charge is 0.251 e. The normalized spacial score (nSPS) is 19.1. The number of nitrogens with zero attached hydrogens (tertiary/aromatic N) is 3. The largest absolute Gasteiger partial charge is 0.368 e. The van der Waals surface area contributed by atoms with Gasteiger partial charge >= 0.3 is 0 Å². The van der Waals surface area contributed by atoms with Crippen molar-refractivity contribution in [3.63, 3.8) is 0 Å². The minimum absolute atomic E-state index is 0.116. The molecule has 2 aromatic heterocycles. The summed E-state index contributed by atoms with van der Waals surface area (Å²) >= 11 is 0. The summed E-state index contributed by atoms with van der Waals surface area (Å²) in [6, 6.07) is 13.8. The van der Waals surface area contributed by atoms with Gasteiger partial charge in [-0.3, -0.25) is 9.20 Å². The van der Waals surface area contributed by atoms with Gasteiger partial charge in [-0.2, -0.15) is 5.26 Å². The highest BCUT2D eigenvalue weighted by atomic mass is 19.1. The summed E-state index contributed by atoms with van der Waals surface area (Å²) in [7, 11) is 0. The van der Waals surface area contributed by atoms with Gasteiger partial charge in [0.05, 0.1) is 0 Å². The van der Waals surface area contributed by atoms with Crippen molar-refractivity contribution >= 4 is 17.4 Å². The molecule has 1 fully saturated rings. The molecular weight excluding hydrogens is 357 g/mol. The Hall–Kier alpha value is -3.40. The molecule has 2 N–H and O–H groups in total. The molecule has 6 nitrogen and oxygen atoms in total. The fraction of sp³-hybridized carbons (Fsp3) is 0.286. The third-order valence-electron chi connectivity index (χ3n) is 5.13. The fourth-order valence-electron chi connectivity index (χ4n) is 3.64. The molecule has 0 atom stereocenters. The Kier molecular flexibility index (Phi) is 4.94. The molecule has 142 valence electrons. The minimum atomic E-state index is -0.349. The minimum Gasteiger partial charge on any atom is -0.368 e. The Morgan fingerprint density at radius 3 is 2.54 bits per heavy atom. The number of rotatable bonds is 4. The molecule has 1 saturated carbocycles. The van der Waals surface area contributed by atoms with Crippen molar-refractivity contribution in [2.75, 3.05) is 5.32 Å². The number of pyridine rings is 1. The Bertz CT molecular complexity index is 1030. The van der Waals surface area contributed by atoms with Crippen molar-refractivity contribution in [3.05, 3.63) is 65.7 Å². The Labute approximate surface area is 162 Å². The first kappa shape index (κ1) is 18.0. The predicted molar refractivity (Wildman–Crippen MR) is 103 cm³/mol. The third-order valence-corrected chi connectivity index (χ3v) is 5.13. The van der Waals surface area contributed by atoms with Crippen molar-refractivity contribution in [1.29, 1.82) is 5.26 Å². The van der Waals surface area contributed by atoms with E-state index in [-0.39, 0.29) is 23.8 Å². The van der Waals surface area contributed by atoms with Crippen LogP contribution in [0.15, 0.2) is 48.7 Å². The number of halogens is 1. The summed E-state index contributed by atoms with van der Waals surface area (Å²) in [4.78, 5) is 16.5. The Balaban J connectivity index is 1.34. The van der Waals surface area contributed by atoms with E-state index in [1.807, 2.05) is 22.6 Å². The van der Waals surface area contributed by atoms with Crippen molar-refractivity contribution in [2.24, 2.45) is 0 Å². The van der Waals surface area contributed by atoms with E-state index >= 15 is 0 Å². The highest BCUT2D eigenvalue weighted by molar-refractivity contribution is 5.94. The van der Waals surface area contributed by atoms with Crippen molar-refractivity contribution in [3.8, 4) is 6.07 Å². The molecule has 0 saturated heterocycles. The maximum Gasteiger partial charge on any atom is 0.251 e. The van der Waals surface area contributed by atoms with Crippen LogP contribution in [0.5, 0.6) is 0 Å². The highest BCUT2D eigenvalue weighted by Gasteiger charge is 2.23. The summed E-state index contributed by atoms with van der Waals surface area (Å²) in [6.07, 6.45) is 5.31. The van der Waals surface area contributed by atoms with Crippen molar-refractivity contribution in [2.45, 2.75) is 37.8 Å². The van der Waals surface area contributed by atoms with Crippen LogP contribution < -0.4 is 10.6 Å². The van der Waals surface area contributed by atoms with Crippen LogP contribution in [0.4, 0.5) is 10.2 Å². The predicted octanol–water partition coefficient (Wildman–Crippen LogP) is 3.50. The lowest BCUT2D eigenvalue weighted by Crippen LogP contribution is -2.40. The number of carbonyl (C=O) groups excluding carboxylic acids is 1. The lowest BCUT2D eigenvalue weighted by molar-refractivity contribution is 0.0926. The molecule has 1 aliphatic rings. The molecule has 4 rings (SSSR count). The van der Waals surface area contributed by atoms with Crippen LogP contribution in [0, 0.1) is 17.1 Å². The maximum absolute atomic E-state index is 13.0. The molecule has 0 spiro atoms. The van der Waals surface area contributed by atoms with E-state index in [1.165, 1.54) is 24.3 Å². The number of fused-ring (bicyclic) bond motifs is 1. The van der Waals surface area contributed by atoms with E-state index < -0.39 is 0 Å². The number of aromatic nitrogens is 2. The standard InChI is InChI=1S/C21H20FN5O/c22-15-6-4-14(5-7-15)21(28)26-17-10-8-16(9-11-17)24-19-2-1-3-20-25-18(12-23)13-27(19)20/h1-7,13,16-17,24H,8-11H2,(H,26,28)/t16-,17+. The molecule has 3 aromatic rings. The molecule has 1 aromatic carbocycles. The molecule has 0 bridgehead atoms. The first-order chi connectivity index (χ1) is 13.6. The van der Waals surface area contributed by atoms with Crippen LogP contribution in [-0.2, 0) is 0 Å². The zero-order chi connectivity index (χ0) is 19.5. The molecule has 2 heterocycles. The van der Waals surface area contributed by atoms with Gasteiger partial charge < -0.3 is 10.6 Å². The van der Waals surface area contributed by atoms with Gasteiger partial charge in [-0.05, 0) is 62.1 Å². The van der Waals surface area contributed by atoms with E-state index in [4.69, 9.17) is 5.26 Å². The van der Waals surface area contributed by atoms with Crippen LogP contribution in [0.1, 0.15) is 41.7 Å². The summed E-state index contributed by atoms with van der Waals surface area (Å²) in [5, 5.41) is 15.6. The molecular formula is C21H20FN5O. The zero-order valence-electron chi connectivity index (χ0n) is 15.2. The van der Waals surface area contributed by atoms with Gasteiger partial charge in [0, 0.05) is 23.8 Å². The number of hydrogen-bond donors (Lipinski definition) is 2. The van der Waals surface area contributed by atoms with Crippen molar-refractivity contribution in [1.82, 2.24) is 14.7 Å². The maximum atomic E-state index is 13.0. The molecule has 0 unspecified atom stereocenters. The SMILES string of the molecule is N#Cc1cn2c(N[C@H]3CC[C@@H](NC(=O)c4ccc(F)cc4)CC3)cccc2n1. The second-order valence-electron chi connectivity index (χ2n) is 7.05. The average molecular weight is 377 g/mol. The first-order valence-electron chi connectivity index (χ1n) is 9.33. The molecule has 7 heteroatoms. The number of amides is 1. The van der Waals surface area contributed by atoms with Gasteiger partial charge in [-0.15, -0.1) is 0 Å². The summed E-state index contributed by atoms with van der Waals surface area (Å²) in [5.41, 5.74) is 1.60. The zero-order valence-corrected chi connectivity index (χ0v) is 15.2.